The molecule has 4 heteroatoms. The monoisotopic (exact) mass is 236 g/mol. The number of nitrogens with one attached hydrogen (secondary N) is 1. The Balaban J connectivity index is 1.94. The smallest absolute Gasteiger partial charge is 0.214 e. The van der Waals surface area contributed by atoms with E-state index in [4.69, 9.17) is 0 Å². The Morgan fingerprint density at radius 2 is 2.38 bits per heavy atom. The molecule has 0 radical (unpaired) electrons. The van der Waals surface area contributed by atoms with Crippen molar-refractivity contribution in [3.8, 4) is 0 Å². The predicted molar refractivity (Wildman–Crippen MR) is 65.3 cm³/mol. The van der Waals surface area contributed by atoms with Gasteiger partial charge in [-0.05, 0) is 24.4 Å². The molecule has 0 fully saturated rings. The zero-order chi connectivity index (χ0) is 11.4. The zero-order valence-corrected chi connectivity index (χ0v) is 9.80. The van der Waals surface area contributed by atoms with E-state index in [1.54, 1.807) is 17.4 Å². The van der Waals surface area contributed by atoms with Gasteiger partial charge in [-0.3, -0.25) is 0 Å². The average molecular weight is 236 g/mol. The van der Waals surface area contributed by atoms with Crippen LogP contribution in [0.3, 0.4) is 0 Å². The van der Waals surface area contributed by atoms with Crippen molar-refractivity contribution < 1.29 is 4.39 Å². The minimum Gasteiger partial charge on any atom is -0.382 e. The Bertz CT molecular complexity index is 442. The van der Waals surface area contributed by atoms with Crippen molar-refractivity contribution >= 4 is 17.0 Å². The fraction of sp³-hybridized carbons (Fsp3) is 0.250. The van der Waals surface area contributed by atoms with Crippen molar-refractivity contribution in [3.63, 3.8) is 0 Å². The Morgan fingerprint density at radius 3 is 3.06 bits per heavy atom. The fourth-order valence-electron chi connectivity index (χ4n) is 1.56. The van der Waals surface area contributed by atoms with Crippen LogP contribution in [-0.4, -0.2) is 11.0 Å². The summed E-state index contributed by atoms with van der Waals surface area (Å²) in [5.74, 6) is -0.451. The predicted octanol–water partition coefficient (Wildman–Crippen LogP) is 3.33. The molecule has 0 amide bonds. The van der Waals surface area contributed by atoms with E-state index in [2.05, 4.69) is 28.7 Å². The summed E-state index contributed by atoms with van der Waals surface area (Å²) in [6.45, 7) is 2.08. The summed E-state index contributed by atoms with van der Waals surface area (Å²) in [4.78, 5) is 4.85. The van der Waals surface area contributed by atoms with Gasteiger partial charge in [-0.15, -0.1) is 11.3 Å². The molecule has 0 saturated heterocycles. The summed E-state index contributed by atoms with van der Waals surface area (Å²) < 4.78 is 12.8. The lowest BCUT2D eigenvalue weighted by Gasteiger charge is -2.14. The third kappa shape index (κ3) is 3.03. The van der Waals surface area contributed by atoms with Crippen LogP contribution in [0.25, 0.3) is 0 Å². The maximum atomic E-state index is 12.8. The third-order valence-electron chi connectivity index (χ3n) is 2.23. The van der Waals surface area contributed by atoms with Gasteiger partial charge in [0.25, 0.3) is 0 Å². The van der Waals surface area contributed by atoms with E-state index < -0.39 is 5.95 Å². The standard InChI is InChI=1S/C12H13FN2S/c1-9(7-11-3-2-6-16-11)15-10-4-5-14-12(13)8-10/h2-6,8-9H,7H2,1H3,(H,14,15). The maximum absolute atomic E-state index is 12.8. The molecule has 0 aliphatic rings. The summed E-state index contributed by atoms with van der Waals surface area (Å²) in [5, 5.41) is 5.31. The van der Waals surface area contributed by atoms with E-state index >= 15 is 0 Å². The highest BCUT2D eigenvalue weighted by Crippen LogP contribution is 2.14. The van der Waals surface area contributed by atoms with Crippen LogP contribution in [0.5, 0.6) is 0 Å². The lowest BCUT2D eigenvalue weighted by atomic mass is 10.2. The van der Waals surface area contributed by atoms with Crippen LogP contribution < -0.4 is 5.32 Å². The average Bonchev–Trinajstić information content (AvgIpc) is 2.70. The van der Waals surface area contributed by atoms with E-state index in [1.807, 2.05) is 6.07 Å². The number of hydrogen-bond acceptors (Lipinski definition) is 3. The second kappa shape index (κ2) is 5.07. The minimum absolute atomic E-state index is 0.278. The SMILES string of the molecule is CC(Cc1cccs1)Nc1ccnc(F)c1. The van der Waals surface area contributed by atoms with Crippen molar-refractivity contribution in [2.75, 3.05) is 5.32 Å². The van der Waals surface area contributed by atoms with Crippen LogP contribution in [0.1, 0.15) is 11.8 Å². The van der Waals surface area contributed by atoms with E-state index in [1.165, 1.54) is 17.1 Å². The molecule has 16 heavy (non-hydrogen) atoms. The number of pyridine rings is 1. The Hall–Kier alpha value is -1.42. The van der Waals surface area contributed by atoms with Crippen molar-refractivity contribution in [3.05, 3.63) is 46.7 Å². The third-order valence-corrected chi connectivity index (χ3v) is 3.13. The molecule has 0 aliphatic carbocycles. The molecule has 0 spiro atoms. The highest BCUT2D eigenvalue weighted by molar-refractivity contribution is 7.09. The van der Waals surface area contributed by atoms with Crippen molar-refractivity contribution in [2.45, 2.75) is 19.4 Å². The largest absolute Gasteiger partial charge is 0.382 e. The molecule has 2 rings (SSSR count). The van der Waals surface area contributed by atoms with Gasteiger partial charge in [0.1, 0.15) is 0 Å². The first kappa shape index (κ1) is 11.1. The van der Waals surface area contributed by atoms with Gasteiger partial charge in [0.05, 0.1) is 0 Å². The summed E-state index contributed by atoms with van der Waals surface area (Å²) in [5.41, 5.74) is 0.775. The van der Waals surface area contributed by atoms with Crippen LogP contribution in [0.4, 0.5) is 10.1 Å². The van der Waals surface area contributed by atoms with Crippen LogP contribution >= 0.6 is 11.3 Å². The second-order valence-corrected chi connectivity index (χ2v) is 4.73. The molecule has 2 aromatic rings. The Kier molecular flexibility index (Phi) is 3.51. The topological polar surface area (TPSA) is 24.9 Å². The number of anilines is 1. The molecule has 1 atom stereocenters. The number of halogens is 1. The molecular formula is C12H13FN2S. The van der Waals surface area contributed by atoms with Gasteiger partial charge < -0.3 is 5.32 Å². The molecule has 0 bridgehead atoms. The zero-order valence-electron chi connectivity index (χ0n) is 8.98. The van der Waals surface area contributed by atoms with Crippen LogP contribution in [0.15, 0.2) is 35.8 Å². The van der Waals surface area contributed by atoms with Gasteiger partial charge in [-0.2, -0.15) is 4.39 Å². The fourth-order valence-corrected chi connectivity index (χ4v) is 2.39. The van der Waals surface area contributed by atoms with Gasteiger partial charge in [0.15, 0.2) is 0 Å². The first-order valence-corrected chi connectivity index (χ1v) is 6.02. The first-order chi connectivity index (χ1) is 7.74. The highest BCUT2D eigenvalue weighted by Gasteiger charge is 2.04. The number of thiophene rings is 1. The molecule has 2 nitrogen and oxygen atoms in total. The highest BCUT2D eigenvalue weighted by atomic mass is 32.1. The molecule has 1 N–H and O–H groups in total. The molecule has 2 heterocycles. The number of nitrogens with zero attached hydrogens (tertiary/aromatic N) is 1. The summed E-state index contributed by atoms with van der Waals surface area (Å²) in [6.07, 6.45) is 2.41. The first-order valence-electron chi connectivity index (χ1n) is 5.14. The van der Waals surface area contributed by atoms with E-state index in [9.17, 15) is 4.39 Å². The molecule has 1 unspecified atom stereocenters. The molecule has 0 aromatic carbocycles. The minimum atomic E-state index is -0.451. The number of aromatic nitrogens is 1. The normalized spacial score (nSPS) is 12.4. The lowest BCUT2D eigenvalue weighted by molar-refractivity contribution is 0.584. The van der Waals surface area contributed by atoms with Crippen LogP contribution in [-0.2, 0) is 6.42 Å². The molecule has 84 valence electrons. The summed E-state index contributed by atoms with van der Waals surface area (Å²) in [6, 6.07) is 7.61. The quantitative estimate of drug-likeness (QED) is 0.824. The van der Waals surface area contributed by atoms with Gasteiger partial charge >= 0.3 is 0 Å². The molecule has 2 aromatic heterocycles. The van der Waals surface area contributed by atoms with Gasteiger partial charge in [0.2, 0.25) is 5.95 Å². The van der Waals surface area contributed by atoms with Crippen molar-refractivity contribution in [1.82, 2.24) is 4.98 Å². The van der Waals surface area contributed by atoms with Crippen LogP contribution in [0.2, 0.25) is 0 Å². The number of rotatable bonds is 4. The van der Waals surface area contributed by atoms with E-state index in [0.29, 0.717) is 0 Å². The van der Waals surface area contributed by atoms with E-state index in [0.717, 1.165) is 12.1 Å². The maximum Gasteiger partial charge on any atom is 0.214 e. The lowest BCUT2D eigenvalue weighted by Crippen LogP contribution is -2.17. The van der Waals surface area contributed by atoms with Gasteiger partial charge in [0, 0.05) is 35.3 Å². The molecular weight excluding hydrogens is 223 g/mol. The Morgan fingerprint density at radius 1 is 1.50 bits per heavy atom. The molecule has 0 aliphatic heterocycles. The molecule has 0 saturated carbocycles. The summed E-state index contributed by atoms with van der Waals surface area (Å²) >= 11 is 1.74. The Labute approximate surface area is 98.2 Å². The van der Waals surface area contributed by atoms with Crippen molar-refractivity contribution in [2.24, 2.45) is 0 Å². The van der Waals surface area contributed by atoms with E-state index in [-0.39, 0.29) is 6.04 Å². The van der Waals surface area contributed by atoms with Crippen LogP contribution in [0, 0.1) is 5.95 Å². The summed E-state index contributed by atoms with van der Waals surface area (Å²) in [7, 11) is 0. The number of hydrogen-bond donors (Lipinski definition) is 1. The van der Waals surface area contributed by atoms with Gasteiger partial charge in [-0.1, -0.05) is 6.07 Å². The second-order valence-electron chi connectivity index (χ2n) is 3.70. The van der Waals surface area contributed by atoms with Crippen molar-refractivity contribution in [1.29, 1.82) is 0 Å². The van der Waals surface area contributed by atoms with Gasteiger partial charge in [-0.25, -0.2) is 4.98 Å².